The number of anilines is 1. The van der Waals surface area contributed by atoms with Gasteiger partial charge in [-0.15, -0.1) is 0 Å². The number of likely N-dealkylation sites (N-methyl/N-ethyl adjacent to an activating group) is 1. The molecular formula is C13H19ClN4O. The fourth-order valence-corrected chi connectivity index (χ4v) is 2.39. The number of aromatic nitrogens is 1. The third-order valence-corrected chi connectivity index (χ3v) is 3.50. The van der Waals surface area contributed by atoms with E-state index >= 15 is 0 Å². The molecule has 1 aromatic heterocycles. The summed E-state index contributed by atoms with van der Waals surface area (Å²) in [7, 11) is 3.84. The van der Waals surface area contributed by atoms with Gasteiger partial charge in [-0.2, -0.15) is 0 Å². The van der Waals surface area contributed by atoms with Crippen molar-refractivity contribution in [3.63, 3.8) is 0 Å². The van der Waals surface area contributed by atoms with Gasteiger partial charge >= 0.3 is 0 Å². The van der Waals surface area contributed by atoms with Crippen molar-refractivity contribution >= 4 is 23.3 Å². The molecule has 2 rings (SSSR count). The molecule has 104 valence electrons. The molecule has 0 bridgehead atoms. The molecule has 6 heteroatoms. The zero-order chi connectivity index (χ0) is 13.8. The molecule has 0 radical (unpaired) electrons. The van der Waals surface area contributed by atoms with Gasteiger partial charge in [0.25, 0.3) is 5.91 Å². The van der Waals surface area contributed by atoms with Crippen molar-refractivity contribution < 1.29 is 4.79 Å². The van der Waals surface area contributed by atoms with Crippen LogP contribution in [-0.4, -0.2) is 61.0 Å². The molecular weight excluding hydrogens is 264 g/mol. The largest absolute Gasteiger partial charge is 0.373 e. The standard InChI is InChI=1S/C13H19ClN4O/c1-15-12-9-10(8-11(14)16-12)13(19)18-5-3-4-17(2)6-7-18/h8-9H,3-7H2,1-2H3,(H,15,16). The highest BCUT2D eigenvalue weighted by Crippen LogP contribution is 2.16. The first-order valence-corrected chi connectivity index (χ1v) is 6.81. The van der Waals surface area contributed by atoms with Gasteiger partial charge in [0.05, 0.1) is 0 Å². The zero-order valence-electron chi connectivity index (χ0n) is 11.3. The van der Waals surface area contributed by atoms with Crippen LogP contribution in [0.5, 0.6) is 0 Å². The number of nitrogens with zero attached hydrogens (tertiary/aromatic N) is 3. The van der Waals surface area contributed by atoms with E-state index < -0.39 is 0 Å². The monoisotopic (exact) mass is 282 g/mol. The van der Waals surface area contributed by atoms with Crippen LogP contribution in [0, 0.1) is 0 Å². The quantitative estimate of drug-likeness (QED) is 0.837. The SMILES string of the molecule is CNc1cc(C(=O)N2CCCN(C)CC2)cc(Cl)n1. The first-order valence-electron chi connectivity index (χ1n) is 6.43. The van der Waals surface area contributed by atoms with E-state index in [0.29, 0.717) is 16.5 Å². The van der Waals surface area contributed by atoms with Gasteiger partial charge in [-0.25, -0.2) is 4.98 Å². The number of halogens is 1. The molecule has 1 aliphatic heterocycles. The molecule has 1 aliphatic rings. The van der Waals surface area contributed by atoms with Crippen LogP contribution in [0.4, 0.5) is 5.82 Å². The summed E-state index contributed by atoms with van der Waals surface area (Å²) in [5.74, 6) is 0.638. The van der Waals surface area contributed by atoms with E-state index in [4.69, 9.17) is 11.6 Å². The van der Waals surface area contributed by atoms with Gasteiger partial charge in [0.2, 0.25) is 0 Å². The second-order valence-corrected chi connectivity index (χ2v) is 5.15. The van der Waals surface area contributed by atoms with Crippen molar-refractivity contribution in [2.45, 2.75) is 6.42 Å². The molecule has 1 fully saturated rings. The van der Waals surface area contributed by atoms with Gasteiger partial charge in [0.15, 0.2) is 0 Å². The second-order valence-electron chi connectivity index (χ2n) is 4.76. The van der Waals surface area contributed by atoms with E-state index in [0.717, 1.165) is 32.6 Å². The van der Waals surface area contributed by atoms with Gasteiger partial charge < -0.3 is 15.1 Å². The van der Waals surface area contributed by atoms with Crippen molar-refractivity contribution in [2.75, 3.05) is 45.6 Å². The van der Waals surface area contributed by atoms with Gasteiger partial charge in [0, 0.05) is 32.2 Å². The Labute approximate surface area is 118 Å². The summed E-state index contributed by atoms with van der Waals surface area (Å²) in [4.78, 5) is 20.7. The Hall–Kier alpha value is -1.33. The summed E-state index contributed by atoms with van der Waals surface area (Å²) >= 11 is 5.94. The summed E-state index contributed by atoms with van der Waals surface area (Å²) in [6.07, 6.45) is 1.000. The lowest BCUT2D eigenvalue weighted by Crippen LogP contribution is -2.34. The number of carbonyl (C=O) groups is 1. The van der Waals surface area contributed by atoms with Crippen LogP contribution >= 0.6 is 11.6 Å². The van der Waals surface area contributed by atoms with E-state index in [1.807, 2.05) is 4.90 Å². The topological polar surface area (TPSA) is 48.5 Å². The van der Waals surface area contributed by atoms with Gasteiger partial charge in [-0.1, -0.05) is 11.6 Å². The molecule has 0 spiro atoms. The van der Waals surface area contributed by atoms with Crippen molar-refractivity contribution in [1.29, 1.82) is 0 Å². The van der Waals surface area contributed by atoms with Crippen LogP contribution in [-0.2, 0) is 0 Å². The maximum atomic E-state index is 12.5. The van der Waals surface area contributed by atoms with E-state index in [-0.39, 0.29) is 5.91 Å². The first kappa shape index (κ1) is 14.1. The molecule has 0 saturated carbocycles. The average molecular weight is 283 g/mol. The second kappa shape index (κ2) is 6.21. The summed E-state index contributed by atoms with van der Waals surface area (Å²) in [6.45, 7) is 3.48. The molecule has 1 aromatic rings. The third-order valence-electron chi connectivity index (χ3n) is 3.30. The number of hydrogen-bond acceptors (Lipinski definition) is 4. The minimum atomic E-state index is 0.0242. The van der Waals surface area contributed by atoms with Crippen molar-refractivity contribution in [3.8, 4) is 0 Å². The highest BCUT2D eigenvalue weighted by Gasteiger charge is 2.19. The van der Waals surface area contributed by atoms with E-state index in [2.05, 4.69) is 22.2 Å². The zero-order valence-corrected chi connectivity index (χ0v) is 12.1. The third kappa shape index (κ3) is 3.58. The summed E-state index contributed by atoms with van der Waals surface area (Å²) < 4.78 is 0. The molecule has 5 nitrogen and oxygen atoms in total. The Morgan fingerprint density at radius 2 is 2.11 bits per heavy atom. The van der Waals surface area contributed by atoms with Gasteiger partial charge in [-0.3, -0.25) is 4.79 Å². The van der Waals surface area contributed by atoms with Crippen LogP contribution in [0.1, 0.15) is 16.8 Å². The normalized spacial score (nSPS) is 17.1. The molecule has 0 aliphatic carbocycles. The lowest BCUT2D eigenvalue weighted by atomic mass is 10.2. The van der Waals surface area contributed by atoms with Crippen molar-refractivity contribution in [1.82, 2.24) is 14.8 Å². The van der Waals surface area contributed by atoms with Crippen LogP contribution < -0.4 is 5.32 Å². The highest BCUT2D eigenvalue weighted by molar-refractivity contribution is 6.29. The Balaban J connectivity index is 2.16. The number of nitrogens with one attached hydrogen (secondary N) is 1. The molecule has 0 unspecified atom stereocenters. The average Bonchev–Trinajstić information content (AvgIpc) is 2.62. The minimum Gasteiger partial charge on any atom is -0.373 e. The van der Waals surface area contributed by atoms with Crippen LogP contribution in [0.3, 0.4) is 0 Å². The maximum absolute atomic E-state index is 12.5. The number of carbonyl (C=O) groups excluding carboxylic acids is 1. The number of hydrogen-bond donors (Lipinski definition) is 1. The van der Waals surface area contributed by atoms with E-state index in [9.17, 15) is 4.79 Å². The maximum Gasteiger partial charge on any atom is 0.254 e. The van der Waals surface area contributed by atoms with Crippen LogP contribution in [0.25, 0.3) is 0 Å². The van der Waals surface area contributed by atoms with E-state index in [1.165, 1.54) is 0 Å². The molecule has 1 N–H and O–H groups in total. The van der Waals surface area contributed by atoms with Crippen LogP contribution in [0.2, 0.25) is 5.15 Å². The first-order chi connectivity index (χ1) is 9.10. The summed E-state index contributed by atoms with van der Waals surface area (Å²) in [6, 6.07) is 3.36. The summed E-state index contributed by atoms with van der Waals surface area (Å²) in [5.41, 5.74) is 0.592. The lowest BCUT2D eigenvalue weighted by Gasteiger charge is -2.20. The predicted molar refractivity (Wildman–Crippen MR) is 76.8 cm³/mol. The molecule has 0 aromatic carbocycles. The Bertz CT molecular complexity index is 466. The fourth-order valence-electron chi connectivity index (χ4n) is 2.18. The van der Waals surface area contributed by atoms with Gasteiger partial charge in [-0.05, 0) is 32.1 Å². The minimum absolute atomic E-state index is 0.0242. The predicted octanol–water partition coefficient (Wildman–Crippen LogP) is 1.55. The Kier molecular flexibility index (Phi) is 4.61. The van der Waals surface area contributed by atoms with Gasteiger partial charge in [0.1, 0.15) is 11.0 Å². The smallest absolute Gasteiger partial charge is 0.254 e. The van der Waals surface area contributed by atoms with Crippen LogP contribution in [0.15, 0.2) is 12.1 Å². The molecule has 1 saturated heterocycles. The Morgan fingerprint density at radius 3 is 2.84 bits per heavy atom. The van der Waals surface area contributed by atoms with E-state index in [1.54, 1.807) is 19.2 Å². The van der Waals surface area contributed by atoms with Crippen molar-refractivity contribution in [3.05, 3.63) is 22.8 Å². The molecule has 0 atom stereocenters. The summed E-state index contributed by atoms with van der Waals surface area (Å²) in [5, 5.41) is 3.25. The number of rotatable bonds is 2. The Morgan fingerprint density at radius 1 is 1.32 bits per heavy atom. The lowest BCUT2D eigenvalue weighted by molar-refractivity contribution is 0.0763. The van der Waals surface area contributed by atoms with Crippen molar-refractivity contribution in [2.24, 2.45) is 0 Å². The highest BCUT2D eigenvalue weighted by atomic mass is 35.5. The molecule has 1 amide bonds. The number of amides is 1. The molecule has 19 heavy (non-hydrogen) atoms. The number of pyridine rings is 1. The fraction of sp³-hybridized carbons (Fsp3) is 0.538. The molecule has 2 heterocycles.